The van der Waals surface area contributed by atoms with E-state index in [9.17, 15) is 0 Å². The fourth-order valence-corrected chi connectivity index (χ4v) is 8.46. The van der Waals surface area contributed by atoms with Gasteiger partial charge in [-0.05, 0) is 80.3 Å². The summed E-state index contributed by atoms with van der Waals surface area (Å²) in [5, 5.41) is 21.5. The molecule has 14 heteroatoms. The van der Waals surface area contributed by atoms with E-state index in [2.05, 4.69) is 63.3 Å². The Kier molecular flexibility index (Phi) is 15.2. The monoisotopic (exact) mass is 986 g/mol. The second-order valence-electron chi connectivity index (χ2n) is 14.9. The van der Waals surface area contributed by atoms with E-state index in [0.717, 1.165) is 52.3 Å². The normalized spacial score (nSPS) is 13.2. The Labute approximate surface area is 383 Å². The van der Waals surface area contributed by atoms with E-state index in [1.54, 1.807) is 48.5 Å². The molecule has 2 aliphatic carbocycles. The second kappa shape index (κ2) is 19.9. The van der Waals surface area contributed by atoms with Crippen LogP contribution in [-0.4, -0.2) is 23.5 Å². The SMILES string of the molecule is C#Cc1ccc(OCc2c(-c3c(Cl)cccc3Cl)noc2C2CC2)cc1Cl.C[Si](C)(C)C#Cc1ccc(O)cc1Cl.Clc1cccc(Cl)c1-c1noc(C2CC2)c1CBr. The molecule has 0 unspecified atom stereocenters. The Balaban J connectivity index is 0.000000159. The molecule has 304 valence electrons. The summed E-state index contributed by atoms with van der Waals surface area (Å²) >= 11 is 40.7. The van der Waals surface area contributed by atoms with E-state index in [1.165, 1.54) is 18.9 Å². The van der Waals surface area contributed by atoms with Crippen LogP contribution in [0.4, 0.5) is 0 Å². The van der Waals surface area contributed by atoms with Crippen LogP contribution in [0, 0.1) is 23.8 Å². The van der Waals surface area contributed by atoms with Gasteiger partial charge in [-0.2, -0.15) is 0 Å². The Bertz CT molecular complexity index is 2540. The third-order valence-electron chi connectivity index (χ3n) is 9.07. The van der Waals surface area contributed by atoms with E-state index >= 15 is 0 Å². The number of terminal acetylenes is 1. The number of aromatic nitrogens is 2. The van der Waals surface area contributed by atoms with Gasteiger partial charge in [0.2, 0.25) is 0 Å². The fourth-order valence-electron chi connectivity index (χ4n) is 5.80. The lowest BCUT2D eigenvalue weighted by molar-refractivity contribution is 0.300. The quantitative estimate of drug-likeness (QED) is 0.0929. The Morgan fingerprint density at radius 1 is 0.712 bits per heavy atom. The molecule has 0 saturated heterocycles. The highest BCUT2D eigenvalue weighted by molar-refractivity contribution is 9.08. The van der Waals surface area contributed by atoms with Crippen molar-refractivity contribution in [2.45, 2.75) is 69.1 Å². The number of nitrogens with zero attached hydrogens (tertiary/aromatic N) is 2. The van der Waals surface area contributed by atoms with Crippen molar-refractivity contribution >= 4 is 93.6 Å². The molecule has 0 aliphatic heterocycles. The molecule has 2 aliphatic rings. The number of benzene rings is 4. The van der Waals surface area contributed by atoms with Crippen LogP contribution in [0.25, 0.3) is 22.5 Å². The van der Waals surface area contributed by atoms with Gasteiger partial charge in [0.05, 0.1) is 35.7 Å². The summed E-state index contributed by atoms with van der Waals surface area (Å²) in [6, 6.07) is 20.9. The van der Waals surface area contributed by atoms with Gasteiger partial charge in [0.15, 0.2) is 0 Å². The van der Waals surface area contributed by atoms with Crippen LogP contribution in [0.15, 0.2) is 81.8 Å². The molecular weight excluding hydrogens is 953 g/mol. The molecule has 0 spiro atoms. The Hall–Kier alpha value is -3.54. The Morgan fingerprint density at radius 3 is 1.66 bits per heavy atom. The molecule has 1 N–H and O–H groups in total. The number of hydrogen-bond acceptors (Lipinski definition) is 6. The van der Waals surface area contributed by atoms with Crippen molar-refractivity contribution < 1.29 is 18.9 Å². The minimum Gasteiger partial charge on any atom is -0.508 e. The highest BCUT2D eigenvalue weighted by Crippen LogP contribution is 2.47. The zero-order chi connectivity index (χ0) is 42.4. The zero-order valence-corrected chi connectivity index (χ0v) is 39.2. The summed E-state index contributed by atoms with van der Waals surface area (Å²) in [4.78, 5) is 0. The van der Waals surface area contributed by atoms with Crippen molar-refractivity contribution in [1.82, 2.24) is 10.3 Å². The van der Waals surface area contributed by atoms with E-state index in [4.69, 9.17) is 94.9 Å². The largest absolute Gasteiger partial charge is 0.508 e. The number of phenolic OH excluding ortho intramolecular Hbond substituents is 1. The smallest absolute Gasteiger partial charge is 0.147 e. The van der Waals surface area contributed by atoms with Crippen LogP contribution in [0.2, 0.25) is 49.8 Å². The molecule has 0 atom stereocenters. The molecule has 2 fully saturated rings. The molecule has 4 aromatic carbocycles. The maximum absolute atomic E-state index is 9.14. The summed E-state index contributed by atoms with van der Waals surface area (Å²) in [6.07, 6.45) is 9.89. The predicted molar refractivity (Wildman–Crippen MR) is 248 cm³/mol. The van der Waals surface area contributed by atoms with Crippen molar-refractivity contribution in [3.05, 3.63) is 137 Å². The van der Waals surface area contributed by atoms with E-state index < -0.39 is 8.07 Å². The number of alkyl halides is 1. The summed E-state index contributed by atoms with van der Waals surface area (Å²) in [6.45, 7) is 6.79. The first-order chi connectivity index (χ1) is 28.2. The van der Waals surface area contributed by atoms with Gasteiger partial charge in [-0.1, -0.05) is 139 Å². The molecule has 2 heterocycles. The highest BCUT2D eigenvalue weighted by atomic mass is 79.9. The van der Waals surface area contributed by atoms with Crippen LogP contribution < -0.4 is 4.74 Å². The van der Waals surface area contributed by atoms with Gasteiger partial charge in [0.25, 0.3) is 0 Å². The molecule has 6 nitrogen and oxygen atoms in total. The first-order valence-electron chi connectivity index (χ1n) is 18.5. The van der Waals surface area contributed by atoms with Crippen LogP contribution in [0.5, 0.6) is 11.5 Å². The van der Waals surface area contributed by atoms with Gasteiger partial charge >= 0.3 is 0 Å². The molecule has 2 aromatic heterocycles. The highest BCUT2D eigenvalue weighted by Gasteiger charge is 2.34. The molecule has 8 rings (SSSR count). The third-order valence-corrected chi connectivity index (χ3v) is 12.4. The van der Waals surface area contributed by atoms with Gasteiger partial charge in [-0.25, -0.2) is 0 Å². The average molecular weight is 991 g/mol. The van der Waals surface area contributed by atoms with Gasteiger partial charge in [-0.3, -0.25) is 0 Å². The van der Waals surface area contributed by atoms with Gasteiger partial charge in [-0.15, -0.1) is 12.0 Å². The topological polar surface area (TPSA) is 81.5 Å². The number of halogens is 7. The van der Waals surface area contributed by atoms with Crippen LogP contribution in [0.3, 0.4) is 0 Å². The zero-order valence-electron chi connectivity index (χ0n) is 32.1. The van der Waals surface area contributed by atoms with E-state index in [1.807, 2.05) is 18.2 Å². The predicted octanol–water partition coefficient (Wildman–Crippen LogP) is 15.4. The Morgan fingerprint density at radius 2 is 1.20 bits per heavy atom. The maximum Gasteiger partial charge on any atom is 0.147 e. The number of aromatic hydroxyl groups is 1. The lowest BCUT2D eigenvalue weighted by atomic mass is 10.0. The number of hydrogen-bond donors (Lipinski definition) is 1. The van der Waals surface area contributed by atoms with Crippen LogP contribution >= 0.6 is 85.5 Å². The van der Waals surface area contributed by atoms with Gasteiger partial charge in [0, 0.05) is 51.0 Å². The molecule has 59 heavy (non-hydrogen) atoms. The van der Waals surface area contributed by atoms with Crippen molar-refractivity contribution in [1.29, 1.82) is 0 Å². The first-order valence-corrected chi connectivity index (χ1v) is 25.4. The molecule has 6 aromatic rings. The molecule has 0 bridgehead atoms. The summed E-state index contributed by atoms with van der Waals surface area (Å²) in [5.74, 6) is 9.03. The molecular formula is C45H37BrCl6N2O4Si. The van der Waals surface area contributed by atoms with Crippen molar-refractivity contribution in [3.8, 4) is 57.8 Å². The number of rotatable bonds is 8. The van der Waals surface area contributed by atoms with E-state index in [0.29, 0.717) is 69.9 Å². The fraction of sp³-hybridized carbons (Fsp3) is 0.244. The third kappa shape index (κ3) is 11.6. The second-order valence-corrected chi connectivity index (χ2v) is 22.6. The summed E-state index contributed by atoms with van der Waals surface area (Å²) < 4.78 is 17.1. The van der Waals surface area contributed by atoms with Gasteiger partial charge in [0.1, 0.15) is 49.1 Å². The van der Waals surface area contributed by atoms with Gasteiger partial charge < -0.3 is 18.9 Å². The standard InChI is InChI=1S/C21H14Cl3NO2.C13H10BrCl2NO.C11H13ClOSi/c1-2-12-8-9-14(10-18(12)24)26-11-15-20(25-27-21(15)13-6-7-13)19-16(22)4-3-5-17(19)23;14-6-8-12(17-18-13(8)7-4-5-7)11-9(15)2-1-3-10(11)16;1-14(2,3)7-6-9-4-5-10(13)8-11(9)12/h1,3-5,8-10,13H,6-7,11H2;1-3,7H,4-6H2;4-5,8,13H,1-3H3. The minimum absolute atomic E-state index is 0.175. The number of phenols is 1. The van der Waals surface area contributed by atoms with Crippen molar-refractivity contribution in [2.75, 3.05) is 0 Å². The average Bonchev–Trinajstić information content (AvgIpc) is 4.13. The number of ether oxygens (including phenoxy) is 1. The van der Waals surface area contributed by atoms with Crippen LogP contribution in [-0.2, 0) is 11.9 Å². The molecule has 2 saturated carbocycles. The lowest BCUT2D eigenvalue weighted by Gasteiger charge is -2.10. The van der Waals surface area contributed by atoms with Crippen molar-refractivity contribution in [2.24, 2.45) is 0 Å². The minimum atomic E-state index is -1.36. The summed E-state index contributed by atoms with van der Waals surface area (Å²) in [5.41, 5.74) is 9.31. The van der Waals surface area contributed by atoms with E-state index in [-0.39, 0.29) is 12.4 Å². The van der Waals surface area contributed by atoms with Crippen molar-refractivity contribution in [3.63, 3.8) is 0 Å². The maximum atomic E-state index is 9.14. The first kappa shape index (κ1) is 45.0. The van der Waals surface area contributed by atoms with Crippen LogP contribution in [0.1, 0.15) is 71.3 Å². The molecule has 0 amide bonds. The molecule has 0 radical (unpaired) electrons. The summed E-state index contributed by atoms with van der Waals surface area (Å²) in [7, 11) is -1.36. The lowest BCUT2D eigenvalue weighted by Crippen LogP contribution is -2.16.